The summed E-state index contributed by atoms with van der Waals surface area (Å²) < 4.78 is 26.6. The fraction of sp³-hybridized carbons (Fsp3) is 0. The minimum atomic E-state index is -3.97. The first-order valence-corrected chi connectivity index (χ1v) is 8.11. The first-order valence-electron chi connectivity index (χ1n) is 6.63. The van der Waals surface area contributed by atoms with Gasteiger partial charge < -0.3 is 4.98 Å². The number of nitro groups is 1. The molecule has 10 heteroatoms. The number of benzene rings is 2. The lowest BCUT2D eigenvalue weighted by Gasteiger charge is -2.07. The van der Waals surface area contributed by atoms with E-state index in [1.807, 2.05) is 0 Å². The van der Waals surface area contributed by atoms with Crippen LogP contribution < -0.4 is 10.3 Å². The van der Waals surface area contributed by atoms with Gasteiger partial charge in [0.25, 0.3) is 21.3 Å². The number of nitrogens with one attached hydrogen (secondary N) is 2. The lowest BCUT2D eigenvalue weighted by molar-refractivity contribution is -0.384. The highest BCUT2D eigenvalue weighted by molar-refractivity contribution is 7.92. The molecule has 0 saturated carbocycles. The Morgan fingerprint density at radius 3 is 2.50 bits per heavy atom. The number of sulfonamides is 1. The van der Waals surface area contributed by atoms with Gasteiger partial charge >= 0.3 is 0 Å². The van der Waals surface area contributed by atoms with Crippen molar-refractivity contribution >= 4 is 32.6 Å². The van der Waals surface area contributed by atoms with Gasteiger partial charge in [-0.05, 0) is 18.2 Å². The van der Waals surface area contributed by atoms with Crippen LogP contribution in [0.25, 0.3) is 11.0 Å². The van der Waals surface area contributed by atoms with Crippen molar-refractivity contribution in [3.63, 3.8) is 0 Å². The summed E-state index contributed by atoms with van der Waals surface area (Å²) in [6.45, 7) is 0. The van der Waals surface area contributed by atoms with E-state index < -0.39 is 26.3 Å². The number of nitro benzene ring substituents is 1. The van der Waals surface area contributed by atoms with Crippen LogP contribution in [0.15, 0.2) is 58.2 Å². The molecule has 2 aromatic carbocycles. The first kappa shape index (κ1) is 15.6. The second-order valence-corrected chi connectivity index (χ2v) is 6.47. The molecule has 0 unspecified atom stereocenters. The molecule has 1 aromatic heterocycles. The number of hydrogen-bond acceptors (Lipinski definition) is 6. The number of fused-ring (bicyclic) bond motifs is 1. The van der Waals surface area contributed by atoms with Crippen LogP contribution in [0.2, 0.25) is 0 Å². The molecule has 0 amide bonds. The number of hydrogen-bond donors (Lipinski definition) is 2. The molecular formula is C14H10N4O5S. The molecule has 0 saturated heterocycles. The number of rotatable bonds is 4. The molecule has 1 heterocycles. The highest BCUT2D eigenvalue weighted by Crippen LogP contribution is 2.18. The van der Waals surface area contributed by atoms with Crippen LogP contribution in [0.4, 0.5) is 11.5 Å². The van der Waals surface area contributed by atoms with E-state index in [0.717, 1.165) is 6.07 Å². The van der Waals surface area contributed by atoms with Crippen molar-refractivity contribution in [1.82, 2.24) is 9.97 Å². The molecule has 9 nitrogen and oxygen atoms in total. The number of anilines is 1. The molecule has 0 aliphatic carbocycles. The number of aromatic nitrogens is 2. The molecule has 0 aliphatic rings. The summed E-state index contributed by atoms with van der Waals surface area (Å²) in [5, 5.41) is 10.7. The molecular weight excluding hydrogens is 336 g/mol. The second kappa shape index (κ2) is 5.74. The van der Waals surface area contributed by atoms with Gasteiger partial charge in [0, 0.05) is 12.1 Å². The van der Waals surface area contributed by atoms with Gasteiger partial charge in [-0.2, -0.15) is 0 Å². The fourth-order valence-corrected chi connectivity index (χ4v) is 3.07. The summed E-state index contributed by atoms with van der Waals surface area (Å²) in [7, 11) is -3.97. The van der Waals surface area contributed by atoms with Crippen LogP contribution in [-0.2, 0) is 10.0 Å². The zero-order valence-electron chi connectivity index (χ0n) is 12.0. The summed E-state index contributed by atoms with van der Waals surface area (Å²) in [5.41, 5.74) is -0.664. The molecule has 0 spiro atoms. The molecule has 0 atom stereocenters. The van der Waals surface area contributed by atoms with Gasteiger partial charge in [-0.3, -0.25) is 19.6 Å². The third-order valence-electron chi connectivity index (χ3n) is 3.17. The Bertz CT molecular complexity index is 1090. The monoisotopic (exact) mass is 346 g/mol. The molecule has 122 valence electrons. The average Bonchev–Trinajstić information content (AvgIpc) is 2.55. The Morgan fingerprint density at radius 2 is 1.83 bits per heavy atom. The van der Waals surface area contributed by atoms with Gasteiger partial charge in [-0.1, -0.05) is 18.2 Å². The van der Waals surface area contributed by atoms with E-state index in [2.05, 4.69) is 14.7 Å². The van der Waals surface area contributed by atoms with Crippen molar-refractivity contribution < 1.29 is 13.3 Å². The molecule has 3 aromatic rings. The van der Waals surface area contributed by atoms with E-state index in [0.29, 0.717) is 0 Å². The van der Waals surface area contributed by atoms with E-state index in [9.17, 15) is 23.3 Å². The zero-order valence-corrected chi connectivity index (χ0v) is 12.8. The van der Waals surface area contributed by atoms with Crippen molar-refractivity contribution in [1.29, 1.82) is 0 Å². The molecule has 0 fully saturated rings. The van der Waals surface area contributed by atoms with Crippen LogP contribution in [0.5, 0.6) is 0 Å². The minimum absolute atomic E-state index is 0.0185. The van der Waals surface area contributed by atoms with E-state index in [1.54, 1.807) is 18.2 Å². The number of nitrogens with zero attached hydrogens (tertiary/aromatic N) is 2. The standard InChI is InChI=1S/C14H10N4O5S/c19-14-13(17-24(22,23)10-4-2-1-3-5-10)15-11-7-6-9(18(20)21)8-12(11)16-14/h1-8H,(H,15,17)(H,16,19). The summed E-state index contributed by atoms with van der Waals surface area (Å²) >= 11 is 0. The van der Waals surface area contributed by atoms with Gasteiger partial charge in [-0.15, -0.1) is 0 Å². The number of aromatic amines is 1. The van der Waals surface area contributed by atoms with Gasteiger partial charge in [-0.25, -0.2) is 13.4 Å². The van der Waals surface area contributed by atoms with Gasteiger partial charge in [0.2, 0.25) is 5.82 Å². The molecule has 0 radical (unpaired) electrons. The predicted octanol–water partition coefficient (Wildman–Crippen LogP) is 1.63. The topological polar surface area (TPSA) is 135 Å². The van der Waals surface area contributed by atoms with Crippen LogP contribution in [-0.4, -0.2) is 23.3 Å². The van der Waals surface area contributed by atoms with Crippen molar-refractivity contribution in [2.24, 2.45) is 0 Å². The van der Waals surface area contributed by atoms with Crippen molar-refractivity contribution in [2.45, 2.75) is 4.90 Å². The highest BCUT2D eigenvalue weighted by atomic mass is 32.2. The van der Waals surface area contributed by atoms with Gasteiger partial charge in [0.15, 0.2) is 0 Å². The Balaban J connectivity index is 2.05. The van der Waals surface area contributed by atoms with Crippen molar-refractivity contribution in [3.8, 4) is 0 Å². The van der Waals surface area contributed by atoms with Crippen LogP contribution in [0, 0.1) is 10.1 Å². The minimum Gasteiger partial charge on any atom is -0.317 e. The lowest BCUT2D eigenvalue weighted by Crippen LogP contribution is -2.21. The predicted molar refractivity (Wildman–Crippen MR) is 86.3 cm³/mol. The Kier molecular flexibility index (Phi) is 3.73. The van der Waals surface area contributed by atoms with Crippen LogP contribution in [0.1, 0.15) is 0 Å². The lowest BCUT2D eigenvalue weighted by atomic mass is 10.2. The second-order valence-electron chi connectivity index (χ2n) is 4.79. The van der Waals surface area contributed by atoms with E-state index in [4.69, 9.17) is 0 Å². The van der Waals surface area contributed by atoms with E-state index in [1.165, 1.54) is 24.3 Å². The fourth-order valence-electron chi connectivity index (χ4n) is 2.04. The largest absolute Gasteiger partial charge is 0.317 e. The van der Waals surface area contributed by atoms with Crippen molar-refractivity contribution in [2.75, 3.05) is 4.72 Å². The summed E-state index contributed by atoms with van der Waals surface area (Å²) in [4.78, 5) is 28.4. The normalized spacial score (nSPS) is 11.3. The van der Waals surface area contributed by atoms with E-state index in [-0.39, 0.29) is 21.6 Å². The SMILES string of the molecule is O=c1[nH]c2cc([N+](=O)[O-])ccc2nc1NS(=O)(=O)c1ccccc1. The first-order chi connectivity index (χ1) is 11.4. The quantitative estimate of drug-likeness (QED) is 0.544. The van der Waals surface area contributed by atoms with Gasteiger partial charge in [0.05, 0.1) is 20.9 Å². The Morgan fingerprint density at radius 1 is 1.12 bits per heavy atom. The maximum atomic E-state index is 12.2. The van der Waals surface area contributed by atoms with E-state index >= 15 is 0 Å². The Labute approximate surface area is 135 Å². The third-order valence-corrected chi connectivity index (χ3v) is 4.53. The third kappa shape index (κ3) is 2.94. The summed E-state index contributed by atoms with van der Waals surface area (Å²) in [5.74, 6) is -0.416. The van der Waals surface area contributed by atoms with Gasteiger partial charge in [0.1, 0.15) is 0 Å². The maximum absolute atomic E-state index is 12.2. The number of non-ortho nitro benzene ring substituents is 1. The smallest absolute Gasteiger partial charge is 0.292 e. The highest BCUT2D eigenvalue weighted by Gasteiger charge is 2.17. The average molecular weight is 346 g/mol. The Hall–Kier alpha value is -3.27. The number of H-pyrrole nitrogens is 1. The maximum Gasteiger partial charge on any atom is 0.292 e. The van der Waals surface area contributed by atoms with Crippen molar-refractivity contribution in [3.05, 3.63) is 69.0 Å². The molecule has 3 rings (SSSR count). The zero-order chi connectivity index (χ0) is 17.3. The van der Waals surface area contributed by atoms with Crippen LogP contribution in [0.3, 0.4) is 0 Å². The van der Waals surface area contributed by atoms with Crippen LogP contribution >= 0.6 is 0 Å². The summed E-state index contributed by atoms with van der Waals surface area (Å²) in [6.07, 6.45) is 0. The molecule has 0 bridgehead atoms. The molecule has 24 heavy (non-hydrogen) atoms. The molecule has 0 aliphatic heterocycles. The molecule has 2 N–H and O–H groups in total. The summed E-state index contributed by atoms with van der Waals surface area (Å²) in [6, 6.07) is 11.2.